The fourth-order valence-electron chi connectivity index (χ4n) is 5.34. The van der Waals surface area contributed by atoms with Gasteiger partial charge in [0.15, 0.2) is 23.1 Å². The quantitative estimate of drug-likeness (QED) is 0.0417. The molecule has 0 aromatic heterocycles. The van der Waals surface area contributed by atoms with Crippen LogP contribution in [0.5, 0.6) is 17.2 Å². The predicted octanol–water partition coefficient (Wildman–Crippen LogP) is 6.49. The van der Waals surface area contributed by atoms with Gasteiger partial charge in [-0.3, -0.25) is 10.2 Å². The molecule has 0 spiro atoms. The lowest BCUT2D eigenvalue weighted by atomic mass is 9.81. The van der Waals surface area contributed by atoms with Crippen LogP contribution in [0.15, 0.2) is 106 Å². The molecule has 2 atom stereocenters. The summed E-state index contributed by atoms with van der Waals surface area (Å²) in [6.07, 6.45) is -0.289. The maximum absolute atomic E-state index is 14.5. The van der Waals surface area contributed by atoms with Crippen LogP contribution in [-0.4, -0.2) is 49.9 Å². The van der Waals surface area contributed by atoms with Crippen molar-refractivity contribution in [2.75, 3.05) is 27.4 Å². The third-order valence-electron chi connectivity index (χ3n) is 7.75. The first-order valence-corrected chi connectivity index (χ1v) is 15.9. The van der Waals surface area contributed by atoms with Gasteiger partial charge in [-0.05, 0) is 70.8 Å². The maximum Gasteiger partial charge on any atom is 0.266 e. The van der Waals surface area contributed by atoms with Gasteiger partial charge >= 0.3 is 0 Å². The number of aliphatic imine (C=N–C) groups is 1. The van der Waals surface area contributed by atoms with Crippen LogP contribution in [0, 0.1) is 0 Å². The third kappa shape index (κ3) is 7.89. The zero-order valence-electron chi connectivity index (χ0n) is 26.4. The number of carbonyl (C=O) groups is 1. The first kappa shape index (κ1) is 34.3. The summed E-state index contributed by atoms with van der Waals surface area (Å²) in [6, 6.07) is 27.3. The van der Waals surface area contributed by atoms with Gasteiger partial charge in [0.05, 0.1) is 20.8 Å². The van der Waals surface area contributed by atoms with E-state index in [-0.39, 0.29) is 25.5 Å². The van der Waals surface area contributed by atoms with Crippen molar-refractivity contribution < 1.29 is 28.8 Å². The number of carbonyl (C=O) groups excluding carboxylic acids is 1. The van der Waals surface area contributed by atoms with Crippen molar-refractivity contribution >= 4 is 33.4 Å². The largest absolute Gasteiger partial charge is 0.494 e. The van der Waals surface area contributed by atoms with E-state index in [1.165, 1.54) is 0 Å². The van der Waals surface area contributed by atoms with Gasteiger partial charge in [0.2, 0.25) is 5.90 Å². The molecule has 1 heterocycles. The molecule has 3 N–H and O–H groups in total. The van der Waals surface area contributed by atoms with Crippen LogP contribution in [0.25, 0.3) is 10.4 Å². The van der Waals surface area contributed by atoms with E-state index in [0.29, 0.717) is 47.1 Å². The highest BCUT2D eigenvalue weighted by Gasteiger charge is 2.53. The number of hydrazine groups is 1. The van der Waals surface area contributed by atoms with Crippen molar-refractivity contribution in [3.05, 3.63) is 128 Å². The van der Waals surface area contributed by atoms with Gasteiger partial charge in [-0.15, -0.1) is 0 Å². The Morgan fingerprint density at radius 3 is 2.50 bits per heavy atom. The molecule has 248 valence electrons. The fraction of sp³-hybridized carbons (Fsp3) is 0.257. The molecule has 0 bridgehead atoms. The molecule has 5 rings (SSSR count). The predicted molar refractivity (Wildman–Crippen MR) is 184 cm³/mol. The highest BCUT2D eigenvalue weighted by Crippen LogP contribution is 2.44. The molecule has 4 aromatic rings. The van der Waals surface area contributed by atoms with E-state index >= 15 is 0 Å². The minimum Gasteiger partial charge on any atom is -0.494 e. The van der Waals surface area contributed by atoms with Crippen LogP contribution >= 0.6 is 15.9 Å². The number of azide groups is 1. The molecule has 12 nitrogen and oxygen atoms in total. The number of nitrogens with zero attached hydrogens (tertiary/aromatic N) is 4. The first-order valence-electron chi connectivity index (χ1n) is 15.1. The molecule has 0 saturated carbocycles. The van der Waals surface area contributed by atoms with Crippen molar-refractivity contribution in [1.82, 2.24) is 10.9 Å². The number of hydrogen-bond donors (Lipinski definition) is 3. The number of aliphatic hydroxyl groups excluding tert-OH is 1. The topological polar surface area (TPSA) is 159 Å². The lowest BCUT2D eigenvalue weighted by Gasteiger charge is -2.31. The van der Waals surface area contributed by atoms with Crippen LogP contribution in [-0.2, 0) is 22.5 Å². The molecule has 0 aliphatic carbocycles. The average molecular weight is 716 g/mol. The van der Waals surface area contributed by atoms with Gasteiger partial charge in [-0.1, -0.05) is 63.5 Å². The van der Waals surface area contributed by atoms with Crippen molar-refractivity contribution in [2.24, 2.45) is 10.1 Å². The van der Waals surface area contributed by atoms with E-state index in [9.17, 15) is 10.3 Å². The molecule has 1 amide bonds. The van der Waals surface area contributed by atoms with E-state index in [4.69, 9.17) is 29.0 Å². The van der Waals surface area contributed by atoms with Gasteiger partial charge in [0.1, 0.15) is 5.75 Å². The molecule has 1 aliphatic heterocycles. The number of methoxy groups -OCH3 is 2. The second-order valence-electron chi connectivity index (χ2n) is 10.8. The van der Waals surface area contributed by atoms with E-state index in [1.54, 1.807) is 50.6 Å². The molecular formula is C35H35BrN6O6. The van der Waals surface area contributed by atoms with Crippen LogP contribution < -0.4 is 25.1 Å². The number of nitrogens with one attached hydrogen (secondary N) is 2. The Balaban J connectivity index is 1.54. The van der Waals surface area contributed by atoms with Gasteiger partial charge in [0, 0.05) is 46.6 Å². The number of aliphatic hydroxyl groups is 1. The summed E-state index contributed by atoms with van der Waals surface area (Å²) in [6.45, 7) is 0.689. The van der Waals surface area contributed by atoms with E-state index in [2.05, 4.69) is 36.8 Å². The van der Waals surface area contributed by atoms with Crippen molar-refractivity contribution in [3.63, 3.8) is 0 Å². The fourth-order valence-corrected chi connectivity index (χ4v) is 5.61. The Hall–Kier alpha value is -5.07. The number of hydrogen-bond acceptors (Lipinski definition) is 9. The monoisotopic (exact) mass is 714 g/mol. The lowest BCUT2D eigenvalue weighted by Crippen LogP contribution is -2.53. The average Bonchev–Trinajstić information content (AvgIpc) is 3.50. The number of rotatable bonds is 15. The summed E-state index contributed by atoms with van der Waals surface area (Å²) in [5.74, 6) is 1.59. The zero-order valence-corrected chi connectivity index (χ0v) is 28.0. The number of ether oxygens (including phenoxy) is 4. The Morgan fingerprint density at radius 2 is 1.79 bits per heavy atom. The van der Waals surface area contributed by atoms with E-state index < -0.39 is 17.6 Å². The van der Waals surface area contributed by atoms with Crippen LogP contribution in [0.3, 0.4) is 0 Å². The van der Waals surface area contributed by atoms with E-state index in [0.717, 1.165) is 15.6 Å². The van der Waals surface area contributed by atoms with Crippen LogP contribution in [0.2, 0.25) is 0 Å². The number of halogens is 1. The Bertz CT molecular complexity index is 1800. The van der Waals surface area contributed by atoms with Crippen LogP contribution in [0.1, 0.15) is 34.8 Å². The SMILES string of the molecule is COc1ccc(CNNC(=O)[C@@]2(Cc3ccccc3N=[N+]=[N-])N=C(c3ccc(OCCCO)cc3)O[C@H]2c2ccc(Br)cc2)cc1OC. The Kier molecular flexibility index (Phi) is 11.5. The summed E-state index contributed by atoms with van der Waals surface area (Å²) >= 11 is 3.50. The van der Waals surface area contributed by atoms with E-state index in [1.807, 2.05) is 54.6 Å². The molecule has 4 aromatic carbocycles. The van der Waals surface area contributed by atoms with Gasteiger partial charge in [0.25, 0.3) is 5.91 Å². The molecule has 0 radical (unpaired) electrons. The summed E-state index contributed by atoms with van der Waals surface area (Å²) < 4.78 is 23.9. The number of amides is 1. The Morgan fingerprint density at radius 1 is 1.04 bits per heavy atom. The smallest absolute Gasteiger partial charge is 0.266 e. The normalized spacial score (nSPS) is 16.7. The first-order chi connectivity index (χ1) is 23.4. The number of benzene rings is 4. The molecule has 48 heavy (non-hydrogen) atoms. The molecule has 0 fully saturated rings. The summed E-state index contributed by atoms with van der Waals surface area (Å²) in [7, 11) is 3.13. The molecule has 13 heteroatoms. The second-order valence-corrected chi connectivity index (χ2v) is 11.7. The van der Waals surface area contributed by atoms with Crippen molar-refractivity contribution in [1.29, 1.82) is 0 Å². The minimum absolute atomic E-state index is 0.0380. The summed E-state index contributed by atoms with van der Waals surface area (Å²) in [5, 5.41) is 13.0. The third-order valence-corrected chi connectivity index (χ3v) is 8.28. The van der Waals surface area contributed by atoms with Gasteiger partial charge in [-0.2, -0.15) is 0 Å². The highest BCUT2D eigenvalue weighted by atomic mass is 79.9. The zero-order chi connectivity index (χ0) is 33.9. The Labute approximate surface area is 286 Å². The van der Waals surface area contributed by atoms with Crippen molar-refractivity contribution in [3.8, 4) is 17.2 Å². The molecule has 1 aliphatic rings. The summed E-state index contributed by atoms with van der Waals surface area (Å²) in [4.78, 5) is 22.6. The lowest BCUT2D eigenvalue weighted by molar-refractivity contribution is -0.130. The standard InChI is InChI=1S/C35H35BrN6O6/c1-45-30-17-8-23(20-31(30)46-2)22-38-41-34(44)35(21-26-6-3-4-7-29(26)40-42-37)32(24-9-13-27(36)14-10-24)48-33(39-35)25-11-15-28(16-12-25)47-19-5-18-43/h3-4,6-17,20,32,38,43H,5,18-19,21-22H2,1-2H3,(H,41,44)/t32-,35-/m0/s1. The molecular weight excluding hydrogens is 680 g/mol. The second kappa shape index (κ2) is 16.2. The van der Waals surface area contributed by atoms with Gasteiger partial charge < -0.3 is 24.1 Å². The molecule has 0 saturated heterocycles. The van der Waals surface area contributed by atoms with Crippen molar-refractivity contribution in [2.45, 2.75) is 31.0 Å². The minimum atomic E-state index is -1.54. The van der Waals surface area contributed by atoms with Gasteiger partial charge in [-0.25, -0.2) is 10.4 Å². The van der Waals surface area contributed by atoms with Crippen LogP contribution in [0.4, 0.5) is 5.69 Å². The molecule has 0 unspecified atom stereocenters. The highest BCUT2D eigenvalue weighted by molar-refractivity contribution is 9.10. The maximum atomic E-state index is 14.5. The summed E-state index contributed by atoms with van der Waals surface area (Å²) in [5.41, 5.74) is 16.9.